The van der Waals surface area contributed by atoms with Crippen LogP contribution in [0.4, 0.5) is 4.39 Å². The number of aliphatic imine (C=N–C) groups is 1. The minimum atomic E-state index is -0.263. The number of ether oxygens (including phenoxy) is 1. The van der Waals surface area contributed by atoms with Gasteiger partial charge >= 0.3 is 0 Å². The third-order valence-electron chi connectivity index (χ3n) is 3.41. The van der Waals surface area contributed by atoms with Gasteiger partial charge in [0.25, 0.3) is 0 Å². The van der Waals surface area contributed by atoms with E-state index in [1.165, 1.54) is 12.1 Å². The molecule has 0 bridgehead atoms. The molecule has 5 nitrogen and oxygen atoms in total. The molecule has 0 spiro atoms. The van der Waals surface area contributed by atoms with Crippen molar-refractivity contribution in [1.82, 2.24) is 10.6 Å². The van der Waals surface area contributed by atoms with Gasteiger partial charge in [0.05, 0.1) is 13.7 Å². The van der Waals surface area contributed by atoms with Gasteiger partial charge < -0.3 is 20.5 Å². The van der Waals surface area contributed by atoms with Gasteiger partial charge in [-0.15, -0.1) is 24.0 Å². The number of phenols is 1. The molecule has 2 rings (SSSR count). The zero-order valence-electron chi connectivity index (χ0n) is 14.3. The predicted octanol–water partition coefficient (Wildman–Crippen LogP) is 3.41. The third kappa shape index (κ3) is 6.77. The number of guanidine groups is 1. The second kappa shape index (κ2) is 10.8. The van der Waals surface area contributed by atoms with Gasteiger partial charge in [-0.3, -0.25) is 0 Å². The number of hydrogen-bond donors (Lipinski definition) is 3. The summed E-state index contributed by atoms with van der Waals surface area (Å²) in [7, 11) is 1.58. The normalized spacial score (nSPS) is 10.8. The van der Waals surface area contributed by atoms with Crippen LogP contribution >= 0.6 is 24.0 Å². The molecule has 2 aromatic carbocycles. The summed E-state index contributed by atoms with van der Waals surface area (Å²) in [5.74, 6) is 1.22. The molecule has 0 fully saturated rings. The highest BCUT2D eigenvalue weighted by atomic mass is 127. The number of nitrogens with zero attached hydrogens (tertiary/aromatic N) is 1. The van der Waals surface area contributed by atoms with Gasteiger partial charge in [-0.25, -0.2) is 9.38 Å². The van der Waals surface area contributed by atoms with E-state index in [0.29, 0.717) is 36.9 Å². The van der Waals surface area contributed by atoms with Gasteiger partial charge in [0.15, 0.2) is 5.96 Å². The van der Waals surface area contributed by atoms with Crippen molar-refractivity contribution in [2.75, 3.05) is 13.7 Å². The number of nitrogens with one attached hydrogen (secondary N) is 2. The molecular formula is C18H23FIN3O2. The summed E-state index contributed by atoms with van der Waals surface area (Å²) in [4.78, 5) is 4.46. The van der Waals surface area contributed by atoms with E-state index in [2.05, 4.69) is 15.6 Å². The highest BCUT2D eigenvalue weighted by Crippen LogP contribution is 2.22. The third-order valence-corrected chi connectivity index (χ3v) is 3.41. The summed E-state index contributed by atoms with van der Waals surface area (Å²) < 4.78 is 18.1. The molecule has 0 aliphatic rings. The first-order valence-electron chi connectivity index (χ1n) is 7.75. The fraction of sp³-hybridized carbons (Fsp3) is 0.278. The summed E-state index contributed by atoms with van der Waals surface area (Å²) in [5, 5.41) is 16.2. The molecule has 0 unspecified atom stereocenters. The van der Waals surface area contributed by atoms with Gasteiger partial charge in [-0.2, -0.15) is 0 Å². The summed E-state index contributed by atoms with van der Waals surface area (Å²) >= 11 is 0. The first-order valence-corrected chi connectivity index (χ1v) is 7.75. The van der Waals surface area contributed by atoms with Crippen molar-refractivity contribution in [3.8, 4) is 11.5 Å². The quantitative estimate of drug-likeness (QED) is 0.352. The van der Waals surface area contributed by atoms with Crippen LogP contribution in [0.5, 0.6) is 11.5 Å². The minimum absolute atomic E-state index is 0. The molecule has 0 aromatic heterocycles. The molecular weight excluding hydrogens is 436 g/mol. The van der Waals surface area contributed by atoms with Crippen LogP contribution in [0.15, 0.2) is 47.5 Å². The van der Waals surface area contributed by atoms with Crippen molar-refractivity contribution >= 4 is 29.9 Å². The number of hydrogen-bond acceptors (Lipinski definition) is 3. The molecule has 25 heavy (non-hydrogen) atoms. The Morgan fingerprint density at radius 2 is 1.88 bits per heavy atom. The summed E-state index contributed by atoms with van der Waals surface area (Å²) in [6, 6.07) is 11.3. The largest absolute Gasteiger partial charge is 0.508 e. The Balaban J connectivity index is 0.00000312. The predicted molar refractivity (Wildman–Crippen MR) is 108 cm³/mol. The van der Waals surface area contributed by atoms with Crippen molar-refractivity contribution in [2.45, 2.75) is 20.0 Å². The van der Waals surface area contributed by atoms with Crippen LogP contribution in [0.25, 0.3) is 0 Å². The van der Waals surface area contributed by atoms with Gasteiger partial charge in [-0.1, -0.05) is 12.1 Å². The Labute approximate surface area is 164 Å². The molecule has 0 aliphatic carbocycles. The summed E-state index contributed by atoms with van der Waals surface area (Å²) in [5.41, 5.74) is 1.62. The number of methoxy groups -OCH3 is 1. The standard InChI is InChI=1S/C18H22FN3O2.HI/c1-3-20-18(21-11-13-4-6-15(19)7-5-13)22-12-14-10-16(24-2)8-9-17(14)23;/h4-10,23H,3,11-12H2,1-2H3,(H2,20,21,22);1H. The maximum absolute atomic E-state index is 12.9. The van der Waals surface area contributed by atoms with Gasteiger partial charge in [-0.05, 0) is 42.8 Å². The number of phenolic OH excluding ortho intramolecular Hbond substituents is 1. The lowest BCUT2D eigenvalue weighted by Crippen LogP contribution is -2.36. The zero-order valence-corrected chi connectivity index (χ0v) is 16.6. The number of halogens is 2. The highest BCUT2D eigenvalue weighted by Gasteiger charge is 2.05. The molecule has 0 saturated carbocycles. The van der Waals surface area contributed by atoms with E-state index in [0.717, 1.165) is 5.56 Å². The summed E-state index contributed by atoms with van der Waals surface area (Å²) in [6.07, 6.45) is 0. The van der Waals surface area contributed by atoms with E-state index in [1.54, 1.807) is 37.4 Å². The van der Waals surface area contributed by atoms with Crippen LogP contribution in [0, 0.1) is 5.82 Å². The van der Waals surface area contributed by atoms with Crippen molar-refractivity contribution < 1.29 is 14.2 Å². The lowest BCUT2D eigenvalue weighted by Gasteiger charge is -2.13. The van der Waals surface area contributed by atoms with Crippen LogP contribution in [0.3, 0.4) is 0 Å². The number of rotatable bonds is 6. The molecule has 0 radical (unpaired) electrons. The van der Waals surface area contributed by atoms with E-state index < -0.39 is 0 Å². The van der Waals surface area contributed by atoms with E-state index >= 15 is 0 Å². The Bertz CT molecular complexity index is 693. The maximum atomic E-state index is 12.9. The second-order valence-electron chi connectivity index (χ2n) is 5.17. The van der Waals surface area contributed by atoms with Crippen LogP contribution in [-0.2, 0) is 13.1 Å². The van der Waals surface area contributed by atoms with Crippen LogP contribution in [0.1, 0.15) is 18.1 Å². The monoisotopic (exact) mass is 459 g/mol. The second-order valence-corrected chi connectivity index (χ2v) is 5.17. The summed E-state index contributed by atoms with van der Waals surface area (Å²) in [6.45, 7) is 3.51. The molecule has 0 saturated heterocycles. The van der Waals surface area contributed by atoms with Crippen molar-refractivity contribution in [2.24, 2.45) is 4.99 Å². The zero-order chi connectivity index (χ0) is 17.4. The molecule has 0 heterocycles. The highest BCUT2D eigenvalue weighted by molar-refractivity contribution is 14.0. The van der Waals surface area contributed by atoms with E-state index in [-0.39, 0.29) is 35.5 Å². The Hall–Kier alpha value is -2.03. The van der Waals surface area contributed by atoms with Crippen LogP contribution in [-0.4, -0.2) is 24.7 Å². The Morgan fingerprint density at radius 1 is 1.16 bits per heavy atom. The Kier molecular flexibility index (Phi) is 9.04. The lowest BCUT2D eigenvalue weighted by atomic mass is 10.2. The van der Waals surface area contributed by atoms with Gasteiger partial charge in [0, 0.05) is 18.7 Å². The average Bonchev–Trinajstić information content (AvgIpc) is 2.60. The molecule has 2 aromatic rings. The number of aromatic hydroxyl groups is 1. The van der Waals surface area contributed by atoms with Crippen molar-refractivity contribution in [3.63, 3.8) is 0 Å². The van der Waals surface area contributed by atoms with Gasteiger partial charge in [0.2, 0.25) is 0 Å². The fourth-order valence-corrected chi connectivity index (χ4v) is 2.11. The van der Waals surface area contributed by atoms with E-state index in [9.17, 15) is 9.50 Å². The minimum Gasteiger partial charge on any atom is -0.508 e. The molecule has 0 amide bonds. The average molecular weight is 459 g/mol. The first-order chi connectivity index (χ1) is 11.6. The Morgan fingerprint density at radius 3 is 2.52 bits per heavy atom. The first kappa shape index (κ1) is 21.0. The topological polar surface area (TPSA) is 65.9 Å². The fourth-order valence-electron chi connectivity index (χ4n) is 2.11. The SMILES string of the molecule is CCNC(=NCc1ccc(F)cc1)NCc1cc(OC)ccc1O.I. The van der Waals surface area contributed by atoms with Crippen molar-refractivity contribution in [1.29, 1.82) is 0 Å². The van der Waals surface area contributed by atoms with Crippen LogP contribution < -0.4 is 15.4 Å². The lowest BCUT2D eigenvalue weighted by molar-refractivity contribution is 0.410. The number of benzene rings is 2. The van der Waals surface area contributed by atoms with E-state index in [4.69, 9.17) is 4.74 Å². The van der Waals surface area contributed by atoms with Gasteiger partial charge in [0.1, 0.15) is 17.3 Å². The van der Waals surface area contributed by atoms with Crippen LogP contribution in [0.2, 0.25) is 0 Å². The molecule has 0 atom stereocenters. The molecule has 7 heteroatoms. The van der Waals surface area contributed by atoms with Crippen molar-refractivity contribution in [3.05, 3.63) is 59.4 Å². The smallest absolute Gasteiger partial charge is 0.191 e. The maximum Gasteiger partial charge on any atom is 0.191 e. The molecule has 0 aliphatic heterocycles. The molecule has 136 valence electrons. The molecule has 3 N–H and O–H groups in total. The van der Waals surface area contributed by atoms with E-state index in [1.807, 2.05) is 6.92 Å².